The number of rotatable bonds is 2. The third kappa shape index (κ3) is 5.14. The van der Waals surface area contributed by atoms with Gasteiger partial charge < -0.3 is 10.2 Å². The Kier molecular flexibility index (Phi) is 9.00. The van der Waals surface area contributed by atoms with E-state index < -0.39 is 12.1 Å². The molecule has 0 heterocycles. The predicted octanol–water partition coefficient (Wildman–Crippen LogP) is -1.07. The van der Waals surface area contributed by atoms with Crippen molar-refractivity contribution in [3.63, 3.8) is 0 Å². The van der Waals surface area contributed by atoms with Gasteiger partial charge in [0.2, 0.25) is 0 Å². The molecular formula is C4H10BaO3. The predicted molar refractivity (Wildman–Crippen MR) is 32.5 cm³/mol. The number of carboxylic acids is 1. The number of carbonyl (C=O) groups is 1. The van der Waals surface area contributed by atoms with Gasteiger partial charge in [-0.05, 0) is 6.42 Å². The SMILES string of the molecule is CCC(O)C(=O)O.[BaH2]. The normalized spacial score (nSPS) is 11.8. The second-order valence-corrected chi connectivity index (χ2v) is 1.26. The fourth-order valence-electron chi connectivity index (χ4n) is 0.175. The van der Waals surface area contributed by atoms with E-state index in [1.165, 1.54) is 0 Å². The zero-order valence-corrected chi connectivity index (χ0v) is 4.09. The number of aliphatic carboxylic acids is 1. The summed E-state index contributed by atoms with van der Waals surface area (Å²) in [6.07, 6.45) is -0.907. The Bertz CT molecular complexity index is 73.7. The van der Waals surface area contributed by atoms with Gasteiger partial charge in [-0.1, -0.05) is 6.92 Å². The number of carboxylic acid groups (broad SMARTS) is 1. The minimum atomic E-state index is -1.18. The Morgan fingerprint density at radius 2 is 2.12 bits per heavy atom. The summed E-state index contributed by atoms with van der Waals surface area (Å²) in [7, 11) is 0. The Labute approximate surface area is 88.2 Å². The topological polar surface area (TPSA) is 57.5 Å². The molecule has 0 aromatic rings. The van der Waals surface area contributed by atoms with Crippen LogP contribution in [-0.2, 0) is 4.79 Å². The van der Waals surface area contributed by atoms with Crippen molar-refractivity contribution in [2.75, 3.05) is 0 Å². The maximum atomic E-state index is 9.68. The van der Waals surface area contributed by atoms with Crippen molar-refractivity contribution in [3.8, 4) is 0 Å². The van der Waals surface area contributed by atoms with E-state index in [9.17, 15) is 4.79 Å². The number of aliphatic hydroxyl groups is 1. The van der Waals surface area contributed by atoms with Crippen LogP contribution in [0.25, 0.3) is 0 Å². The van der Waals surface area contributed by atoms with Crippen LogP contribution in [0.3, 0.4) is 0 Å². The molecule has 4 heteroatoms. The molecule has 0 radical (unpaired) electrons. The molecule has 0 amide bonds. The van der Waals surface area contributed by atoms with Gasteiger partial charge in [-0.3, -0.25) is 0 Å². The average Bonchev–Trinajstić information content (AvgIpc) is 1.65. The summed E-state index contributed by atoms with van der Waals surface area (Å²) < 4.78 is 0. The summed E-state index contributed by atoms with van der Waals surface area (Å²) in [5, 5.41) is 16.3. The fourth-order valence-corrected chi connectivity index (χ4v) is 0.175. The van der Waals surface area contributed by atoms with E-state index in [4.69, 9.17) is 10.2 Å². The van der Waals surface area contributed by atoms with Crippen LogP contribution >= 0.6 is 0 Å². The van der Waals surface area contributed by atoms with E-state index in [0.717, 1.165) is 0 Å². The quantitative estimate of drug-likeness (QED) is 0.607. The standard InChI is InChI=1S/C4H8O3.Ba.2H/c1-2-3(5)4(6)7;;;/h3,5H,2H2,1H3,(H,6,7);;;. The van der Waals surface area contributed by atoms with Gasteiger partial charge in [0.25, 0.3) is 0 Å². The zero-order valence-electron chi connectivity index (χ0n) is 4.09. The summed E-state index contributed by atoms with van der Waals surface area (Å²) >= 11 is 0. The van der Waals surface area contributed by atoms with Crippen molar-refractivity contribution in [1.29, 1.82) is 0 Å². The second-order valence-electron chi connectivity index (χ2n) is 1.26. The molecule has 0 aliphatic heterocycles. The van der Waals surface area contributed by atoms with E-state index >= 15 is 0 Å². The first-order valence-corrected chi connectivity index (χ1v) is 2.09. The third-order valence-corrected chi connectivity index (χ3v) is 0.672. The summed E-state index contributed by atoms with van der Waals surface area (Å²) in [5.74, 6) is -1.15. The molecule has 0 fully saturated rings. The molecule has 0 bridgehead atoms. The maximum absolute atomic E-state index is 9.68. The van der Waals surface area contributed by atoms with E-state index in [-0.39, 0.29) is 55.3 Å². The van der Waals surface area contributed by atoms with Gasteiger partial charge >= 0.3 is 54.9 Å². The molecule has 0 saturated heterocycles. The van der Waals surface area contributed by atoms with E-state index in [1.807, 2.05) is 0 Å². The van der Waals surface area contributed by atoms with Crippen LogP contribution < -0.4 is 0 Å². The molecule has 0 aliphatic carbocycles. The molecule has 0 aromatic heterocycles. The Morgan fingerprint density at radius 3 is 2.12 bits per heavy atom. The second kappa shape index (κ2) is 6.13. The van der Waals surface area contributed by atoms with Crippen LogP contribution in [-0.4, -0.2) is 71.2 Å². The molecule has 8 heavy (non-hydrogen) atoms. The van der Waals surface area contributed by atoms with Crippen molar-refractivity contribution in [1.82, 2.24) is 0 Å². The summed E-state index contributed by atoms with van der Waals surface area (Å²) in [6.45, 7) is 1.61. The van der Waals surface area contributed by atoms with Crippen molar-refractivity contribution in [2.45, 2.75) is 19.4 Å². The van der Waals surface area contributed by atoms with Gasteiger partial charge in [0.05, 0.1) is 0 Å². The molecule has 1 atom stereocenters. The number of aliphatic hydroxyl groups excluding tert-OH is 1. The van der Waals surface area contributed by atoms with Crippen LogP contribution in [0.1, 0.15) is 13.3 Å². The third-order valence-electron chi connectivity index (χ3n) is 0.672. The van der Waals surface area contributed by atoms with Crippen LogP contribution in [0, 0.1) is 0 Å². The van der Waals surface area contributed by atoms with E-state index in [1.54, 1.807) is 6.92 Å². The molecule has 0 aromatic carbocycles. The van der Waals surface area contributed by atoms with Crippen LogP contribution in [0.5, 0.6) is 0 Å². The van der Waals surface area contributed by atoms with Gasteiger partial charge in [-0.25, -0.2) is 4.79 Å². The molecule has 3 nitrogen and oxygen atoms in total. The van der Waals surface area contributed by atoms with Crippen LogP contribution in [0.2, 0.25) is 0 Å². The Balaban J connectivity index is 0. The first kappa shape index (κ1) is 11.8. The molecule has 2 N–H and O–H groups in total. The summed E-state index contributed by atoms with van der Waals surface area (Å²) in [6, 6.07) is 0. The number of hydrogen-bond donors (Lipinski definition) is 2. The van der Waals surface area contributed by atoms with Crippen molar-refractivity contribution in [2.24, 2.45) is 0 Å². The first-order valence-electron chi connectivity index (χ1n) is 2.09. The van der Waals surface area contributed by atoms with E-state index in [2.05, 4.69) is 0 Å². The molecule has 0 saturated carbocycles. The molecule has 0 rings (SSSR count). The Hall–Kier alpha value is 1.00. The van der Waals surface area contributed by atoms with Gasteiger partial charge in [-0.15, -0.1) is 0 Å². The van der Waals surface area contributed by atoms with Crippen molar-refractivity contribution in [3.05, 3.63) is 0 Å². The van der Waals surface area contributed by atoms with Crippen molar-refractivity contribution < 1.29 is 15.0 Å². The fraction of sp³-hybridized carbons (Fsp3) is 0.750. The molecule has 46 valence electrons. The Morgan fingerprint density at radius 1 is 1.75 bits per heavy atom. The van der Waals surface area contributed by atoms with Crippen molar-refractivity contribution >= 4 is 54.9 Å². The average molecular weight is 243 g/mol. The van der Waals surface area contributed by atoms with Gasteiger partial charge in [0.15, 0.2) is 6.10 Å². The molecule has 1 unspecified atom stereocenters. The molecule has 0 spiro atoms. The minimum absolute atomic E-state index is 0. The molecular weight excluding hydrogens is 233 g/mol. The summed E-state index contributed by atoms with van der Waals surface area (Å²) in [5.41, 5.74) is 0. The van der Waals surface area contributed by atoms with Gasteiger partial charge in [0.1, 0.15) is 0 Å². The van der Waals surface area contributed by atoms with Gasteiger partial charge in [-0.2, -0.15) is 0 Å². The van der Waals surface area contributed by atoms with Crippen LogP contribution in [0.4, 0.5) is 0 Å². The molecule has 0 aliphatic rings. The van der Waals surface area contributed by atoms with Crippen LogP contribution in [0.15, 0.2) is 0 Å². The number of hydrogen-bond acceptors (Lipinski definition) is 2. The first-order chi connectivity index (χ1) is 3.18. The monoisotopic (exact) mass is 244 g/mol. The zero-order chi connectivity index (χ0) is 5.86. The summed E-state index contributed by atoms with van der Waals surface area (Å²) in [4.78, 5) is 9.68. The van der Waals surface area contributed by atoms with Gasteiger partial charge in [0, 0.05) is 0 Å². The van der Waals surface area contributed by atoms with E-state index in [0.29, 0.717) is 0 Å².